The molecule has 0 spiro atoms. The molecule has 0 radical (unpaired) electrons. The largest absolute Gasteiger partial charge is 0.405 e. The normalized spacial score (nSPS) is 30.7. The molecule has 0 aromatic heterocycles. The van der Waals surface area contributed by atoms with Gasteiger partial charge in [0.2, 0.25) is 0 Å². The van der Waals surface area contributed by atoms with Crippen LogP contribution < -0.4 is 16.2 Å². The van der Waals surface area contributed by atoms with E-state index < -0.39 is 18.3 Å². The number of hydrazine groups is 1. The van der Waals surface area contributed by atoms with E-state index in [2.05, 4.69) is 29.3 Å². The molecule has 3 unspecified atom stereocenters. The Bertz CT molecular complexity index is 336. The van der Waals surface area contributed by atoms with Crippen LogP contribution in [0.25, 0.3) is 0 Å². The lowest BCUT2D eigenvalue weighted by Crippen LogP contribution is -2.51. The zero-order valence-electron chi connectivity index (χ0n) is 10.2. The molecule has 0 aromatic rings. The van der Waals surface area contributed by atoms with Crippen LogP contribution in [-0.4, -0.2) is 24.4 Å². The second-order valence-electron chi connectivity index (χ2n) is 4.17. The summed E-state index contributed by atoms with van der Waals surface area (Å²) in [5.74, 6) is 0. The van der Waals surface area contributed by atoms with E-state index >= 15 is 0 Å². The molecule has 6 heteroatoms. The molecule has 1 aliphatic rings. The first-order valence-electron chi connectivity index (χ1n) is 5.67. The molecule has 1 saturated heterocycles. The van der Waals surface area contributed by atoms with E-state index in [9.17, 15) is 13.2 Å². The van der Waals surface area contributed by atoms with Gasteiger partial charge < -0.3 is 0 Å². The number of alkyl halides is 3. The standard InChI is InChI=1S/C12H18F3N3/c1-4-6-9(5-2)10-7-11(12(13,14)15)18-17-8(3)16-10/h4-6,8,10-11,16-18H,1-2,7H2,3H3/b9-6+. The van der Waals surface area contributed by atoms with E-state index in [1.807, 2.05) is 0 Å². The highest BCUT2D eigenvalue weighted by Gasteiger charge is 2.42. The molecule has 0 aromatic carbocycles. The van der Waals surface area contributed by atoms with Crippen molar-refractivity contribution in [2.24, 2.45) is 0 Å². The summed E-state index contributed by atoms with van der Waals surface area (Å²) in [4.78, 5) is 0. The molecule has 1 fully saturated rings. The number of nitrogens with one attached hydrogen (secondary N) is 3. The fourth-order valence-corrected chi connectivity index (χ4v) is 1.84. The van der Waals surface area contributed by atoms with Crippen molar-refractivity contribution in [2.75, 3.05) is 0 Å². The molecule has 3 atom stereocenters. The van der Waals surface area contributed by atoms with Gasteiger partial charge in [0.25, 0.3) is 0 Å². The first kappa shape index (κ1) is 14.9. The topological polar surface area (TPSA) is 36.1 Å². The number of hydrogen-bond donors (Lipinski definition) is 3. The Morgan fingerprint density at radius 2 is 1.94 bits per heavy atom. The average Bonchev–Trinajstić information content (AvgIpc) is 2.47. The summed E-state index contributed by atoms with van der Waals surface area (Å²) in [5.41, 5.74) is 5.57. The van der Waals surface area contributed by atoms with Crippen molar-refractivity contribution >= 4 is 0 Å². The van der Waals surface area contributed by atoms with Crippen molar-refractivity contribution in [1.82, 2.24) is 16.2 Å². The maximum atomic E-state index is 12.8. The zero-order valence-corrected chi connectivity index (χ0v) is 10.2. The predicted octanol–water partition coefficient (Wildman–Crippen LogP) is 2.02. The molecular weight excluding hydrogens is 243 g/mol. The smallest absolute Gasteiger partial charge is 0.294 e. The Morgan fingerprint density at radius 1 is 1.28 bits per heavy atom. The molecule has 1 rings (SSSR count). The van der Waals surface area contributed by atoms with Crippen molar-refractivity contribution in [1.29, 1.82) is 0 Å². The van der Waals surface area contributed by atoms with E-state index in [1.165, 1.54) is 6.08 Å². The second kappa shape index (κ2) is 6.17. The molecule has 3 nitrogen and oxygen atoms in total. The van der Waals surface area contributed by atoms with E-state index in [0.29, 0.717) is 5.57 Å². The maximum Gasteiger partial charge on any atom is 0.405 e. The van der Waals surface area contributed by atoms with Gasteiger partial charge in [0.15, 0.2) is 0 Å². The van der Waals surface area contributed by atoms with Gasteiger partial charge in [-0.1, -0.05) is 31.4 Å². The fourth-order valence-electron chi connectivity index (χ4n) is 1.84. The average molecular weight is 261 g/mol. The summed E-state index contributed by atoms with van der Waals surface area (Å²) in [7, 11) is 0. The van der Waals surface area contributed by atoms with Crippen LogP contribution in [0.4, 0.5) is 13.2 Å². The van der Waals surface area contributed by atoms with Crippen LogP contribution in [0.1, 0.15) is 13.3 Å². The Morgan fingerprint density at radius 3 is 2.44 bits per heavy atom. The van der Waals surface area contributed by atoms with Gasteiger partial charge in [-0.3, -0.25) is 5.32 Å². The van der Waals surface area contributed by atoms with Gasteiger partial charge in [-0.15, -0.1) is 0 Å². The van der Waals surface area contributed by atoms with Crippen LogP contribution in [0.3, 0.4) is 0 Å². The fraction of sp³-hybridized carbons (Fsp3) is 0.500. The van der Waals surface area contributed by atoms with Crippen molar-refractivity contribution in [2.45, 2.75) is 37.8 Å². The maximum absolute atomic E-state index is 12.8. The molecule has 1 aliphatic heterocycles. The predicted molar refractivity (Wildman–Crippen MR) is 65.6 cm³/mol. The Kier molecular flexibility index (Phi) is 5.13. The monoisotopic (exact) mass is 261 g/mol. The van der Waals surface area contributed by atoms with Crippen molar-refractivity contribution in [3.63, 3.8) is 0 Å². The van der Waals surface area contributed by atoms with E-state index in [1.54, 1.807) is 19.1 Å². The van der Waals surface area contributed by atoms with E-state index in [0.717, 1.165) is 0 Å². The molecule has 0 amide bonds. The van der Waals surface area contributed by atoms with Crippen LogP contribution in [-0.2, 0) is 0 Å². The zero-order chi connectivity index (χ0) is 13.8. The van der Waals surface area contributed by atoms with Gasteiger partial charge in [0.05, 0.1) is 6.17 Å². The van der Waals surface area contributed by atoms with E-state index in [-0.39, 0.29) is 12.6 Å². The summed E-state index contributed by atoms with van der Waals surface area (Å²) in [6.45, 7) is 8.91. The van der Waals surface area contributed by atoms with Gasteiger partial charge in [-0.05, 0) is 18.9 Å². The Labute approximate surface area is 105 Å². The van der Waals surface area contributed by atoms with Gasteiger partial charge in [0, 0.05) is 6.04 Å². The first-order chi connectivity index (χ1) is 8.38. The third kappa shape index (κ3) is 3.97. The molecule has 102 valence electrons. The van der Waals surface area contributed by atoms with Crippen LogP contribution in [0.15, 0.2) is 37.0 Å². The molecule has 1 heterocycles. The van der Waals surface area contributed by atoms with Gasteiger partial charge >= 0.3 is 6.18 Å². The van der Waals surface area contributed by atoms with Gasteiger partial charge in [-0.25, -0.2) is 10.9 Å². The molecule has 0 saturated carbocycles. The summed E-state index contributed by atoms with van der Waals surface area (Å²) in [6.07, 6.45) is 0.0679. The van der Waals surface area contributed by atoms with Crippen LogP contribution in [0.5, 0.6) is 0 Å². The van der Waals surface area contributed by atoms with Crippen LogP contribution >= 0.6 is 0 Å². The first-order valence-corrected chi connectivity index (χ1v) is 5.67. The minimum absolute atomic E-state index is 0.105. The molecule has 3 N–H and O–H groups in total. The number of allylic oxidation sites excluding steroid dienone is 2. The quantitative estimate of drug-likeness (QED) is 0.680. The minimum atomic E-state index is -4.29. The Balaban J connectivity index is 2.91. The third-order valence-electron chi connectivity index (χ3n) is 2.74. The van der Waals surface area contributed by atoms with Crippen LogP contribution in [0.2, 0.25) is 0 Å². The lowest BCUT2D eigenvalue weighted by Gasteiger charge is -2.23. The van der Waals surface area contributed by atoms with Gasteiger partial charge in [0.1, 0.15) is 6.04 Å². The highest BCUT2D eigenvalue weighted by atomic mass is 19.4. The van der Waals surface area contributed by atoms with Crippen LogP contribution in [0, 0.1) is 0 Å². The third-order valence-corrected chi connectivity index (χ3v) is 2.74. The minimum Gasteiger partial charge on any atom is -0.294 e. The molecule has 18 heavy (non-hydrogen) atoms. The summed E-state index contributed by atoms with van der Waals surface area (Å²) in [5, 5.41) is 3.06. The van der Waals surface area contributed by atoms with Crippen molar-refractivity contribution in [3.8, 4) is 0 Å². The van der Waals surface area contributed by atoms with E-state index in [4.69, 9.17) is 0 Å². The van der Waals surface area contributed by atoms with Crippen molar-refractivity contribution < 1.29 is 13.2 Å². The number of halogens is 3. The number of hydrogen-bond acceptors (Lipinski definition) is 3. The lowest BCUT2D eigenvalue weighted by molar-refractivity contribution is -0.159. The highest BCUT2D eigenvalue weighted by Crippen LogP contribution is 2.26. The molecule has 0 aliphatic carbocycles. The SMILES string of the molecule is C=C/C=C(\C=C)C1CC(C(F)(F)F)NNC(C)N1. The summed E-state index contributed by atoms with van der Waals surface area (Å²) < 4.78 is 38.3. The molecule has 0 bridgehead atoms. The highest BCUT2D eigenvalue weighted by molar-refractivity contribution is 5.27. The molecular formula is C12H18F3N3. The summed E-state index contributed by atoms with van der Waals surface area (Å²) >= 11 is 0. The summed E-state index contributed by atoms with van der Waals surface area (Å²) in [6, 6.07) is -2.03. The Hall–Kier alpha value is -1.11. The van der Waals surface area contributed by atoms with Crippen molar-refractivity contribution in [3.05, 3.63) is 37.0 Å². The lowest BCUT2D eigenvalue weighted by atomic mass is 9.98. The number of rotatable bonds is 3. The second-order valence-corrected chi connectivity index (χ2v) is 4.17. The van der Waals surface area contributed by atoms with Gasteiger partial charge in [-0.2, -0.15) is 13.2 Å².